The molecule has 9 heteroatoms. The minimum atomic E-state index is -3.61. The Balaban J connectivity index is 1.50. The molecule has 0 aromatic heterocycles. The van der Waals surface area contributed by atoms with Crippen LogP contribution in [0.2, 0.25) is 0 Å². The van der Waals surface area contributed by atoms with Crippen LogP contribution < -0.4 is 10.6 Å². The van der Waals surface area contributed by atoms with E-state index in [2.05, 4.69) is 23.6 Å². The zero-order chi connectivity index (χ0) is 26.6. The minimum absolute atomic E-state index is 0.0459. The number of hydrogen-bond acceptors (Lipinski definition) is 5. The van der Waals surface area contributed by atoms with E-state index in [1.165, 1.54) is 11.6 Å². The van der Waals surface area contributed by atoms with Crippen LogP contribution in [-0.4, -0.2) is 43.9 Å². The molecule has 0 radical (unpaired) electrons. The highest BCUT2D eigenvalue weighted by molar-refractivity contribution is 7.91. The van der Waals surface area contributed by atoms with Crippen LogP contribution in [0, 0.1) is 11.6 Å². The zero-order valence-electron chi connectivity index (χ0n) is 20.5. The van der Waals surface area contributed by atoms with Crippen LogP contribution in [0.3, 0.4) is 0 Å². The molecule has 1 amide bonds. The fourth-order valence-electron chi connectivity index (χ4n) is 4.68. The van der Waals surface area contributed by atoms with Gasteiger partial charge in [-0.05, 0) is 53.3 Å². The summed E-state index contributed by atoms with van der Waals surface area (Å²) >= 11 is 0. The fourth-order valence-corrected chi connectivity index (χ4v) is 6.49. The van der Waals surface area contributed by atoms with Crippen molar-refractivity contribution >= 4 is 15.7 Å². The van der Waals surface area contributed by atoms with Gasteiger partial charge in [0.25, 0.3) is 0 Å². The SMILES string of the molecule is CCc1cccc(CNC[C@@H](O)[C@H](Cc2cc(F)cc(F)c2)NC(=O)C2CS(=O)(=O)c3ccccc32)c1. The zero-order valence-corrected chi connectivity index (χ0v) is 21.3. The third-order valence-corrected chi connectivity index (χ3v) is 8.40. The average molecular weight is 529 g/mol. The molecule has 3 N–H and O–H groups in total. The maximum Gasteiger partial charge on any atom is 0.228 e. The number of carbonyl (C=O) groups is 1. The number of amides is 1. The molecule has 4 rings (SSSR count). The summed E-state index contributed by atoms with van der Waals surface area (Å²) < 4.78 is 52.7. The number of sulfone groups is 1. The van der Waals surface area contributed by atoms with Crippen LogP contribution in [0.4, 0.5) is 8.78 Å². The van der Waals surface area contributed by atoms with Crippen molar-refractivity contribution in [1.82, 2.24) is 10.6 Å². The summed E-state index contributed by atoms with van der Waals surface area (Å²) in [5.41, 5.74) is 2.88. The Morgan fingerprint density at radius 3 is 2.43 bits per heavy atom. The molecule has 6 nitrogen and oxygen atoms in total. The van der Waals surface area contributed by atoms with E-state index in [0.29, 0.717) is 12.1 Å². The van der Waals surface area contributed by atoms with Gasteiger partial charge in [-0.25, -0.2) is 17.2 Å². The first-order valence-corrected chi connectivity index (χ1v) is 13.8. The molecule has 3 aromatic carbocycles. The predicted octanol–water partition coefficient (Wildman–Crippen LogP) is 3.28. The highest BCUT2D eigenvalue weighted by Gasteiger charge is 2.39. The first kappa shape index (κ1) is 26.9. The number of halogens is 2. The van der Waals surface area contributed by atoms with Crippen molar-refractivity contribution in [3.8, 4) is 0 Å². The number of fused-ring (bicyclic) bond motifs is 1. The van der Waals surface area contributed by atoms with Crippen molar-refractivity contribution in [2.75, 3.05) is 12.3 Å². The number of carbonyl (C=O) groups excluding carboxylic acids is 1. The molecule has 0 bridgehead atoms. The largest absolute Gasteiger partial charge is 0.390 e. The summed E-state index contributed by atoms with van der Waals surface area (Å²) in [5, 5.41) is 16.9. The molecule has 0 fully saturated rings. The number of aryl methyl sites for hydroxylation is 1. The molecule has 1 heterocycles. The Bertz CT molecular complexity index is 1360. The Morgan fingerprint density at radius 1 is 1.00 bits per heavy atom. The second-order valence-electron chi connectivity index (χ2n) is 9.34. The van der Waals surface area contributed by atoms with Gasteiger partial charge in [-0.1, -0.05) is 49.4 Å². The van der Waals surface area contributed by atoms with Crippen molar-refractivity contribution in [2.45, 2.75) is 49.3 Å². The highest BCUT2D eigenvalue weighted by atomic mass is 32.2. The predicted molar refractivity (Wildman–Crippen MR) is 137 cm³/mol. The molecule has 1 aliphatic rings. The first-order chi connectivity index (χ1) is 17.7. The molecule has 0 saturated heterocycles. The number of hydrogen-bond donors (Lipinski definition) is 3. The molecule has 196 valence electrons. The van der Waals surface area contributed by atoms with Gasteiger partial charge < -0.3 is 15.7 Å². The molecule has 3 atom stereocenters. The molecule has 1 aliphatic heterocycles. The lowest BCUT2D eigenvalue weighted by Crippen LogP contribution is -2.50. The Kier molecular flexibility index (Phi) is 8.36. The molecule has 37 heavy (non-hydrogen) atoms. The van der Waals surface area contributed by atoms with Gasteiger partial charge in [-0.3, -0.25) is 4.79 Å². The lowest BCUT2D eigenvalue weighted by Gasteiger charge is -2.26. The molecular weight excluding hydrogens is 498 g/mol. The number of aliphatic hydroxyl groups excluding tert-OH is 1. The molecule has 0 spiro atoms. The number of benzene rings is 3. The van der Waals surface area contributed by atoms with Gasteiger partial charge in [0.2, 0.25) is 5.91 Å². The fraction of sp³-hybridized carbons (Fsp3) is 0.321. The Hall–Kier alpha value is -3.14. The summed E-state index contributed by atoms with van der Waals surface area (Å²) in [6, 6.07) is 16.5. The number of aliphatic hydroxyl groups is 1. The first-order valence-electron chi connectivity index (χ1n) is 12.2. The number of rotatable bonds is 10. The van der Waals surface area contributed by atoms with Gasteiger partial charge in [-0.2, -0.15) is 0 Å². The summed E-state index contributed by atoms with van der Waals surface area (Å²) in [7, 11) is -3.61. The molecular formula is C28H30F2N2O4S. The molecule has 0 aliphatic carbocycles. The maximum absolute atomic E-state index is 13.8. The Morgan fingerprint density at radius 2 is 1.70 bits per heavy atom. The van der Waals surface area contributed by atoms with E-state index >= 15 is 0 Å². The van der Waals surface area contributed by atoms with Gasteiger partial charge in [0.05, 0.1) is 28.7 Å². The molecule has 1 unspecified atom stereocenters. The monoisotopic (exact) mass is 528 g/mol. The average Bonchev–Trinajstić information content (AvgIpc) is 3.14. The summed E-state index contributed by atoms with van der Waals surface area (Å²) in [5.74, 6) is -3.41. The van der Waals surface area contributed by atoms with Crippen molar-refractivity contribution in [3.63, 3.8) is 0 Å². The van der Waals surface area contributed by atoms with E-state index in [1.807, 2.05) is 18.2 Å². The smallest absolute Gasteiger partial charge is 0.228 e. The van der Waals surface area contributed by atoms with Gasteiger partial charge in [0, 0.05) is 19.2 Å². The van der Waals surface area contributed by atoms with Gasteiger partial charge >= 0.3 is 0 Å². The lowest BCUT2D eigenvalue weighted by molar-refractivity contribution is -0.123. The van der Waals surface area contributed by atoms with Gasteiger partial charge in [-0.15, -0.1) is 0 Å². The quantitative estimate of drug-likeness (QED) is 0.376. The van der Waals surface area contributed by atoms with E-state index < -0.39 is 45.4 Å². The topological polar surface area (TPSA) is 95.5 Å². The van der Waals surface area contributed by atoms with Gasteiger partial charge in [0.15, 0.2) is 9.84 Å². The van der Waals surface area contributed by atoms with Crippen molar-refractivity contribution < 1.29 is 27.1 Å². The lowest BCUT2D eigenvalue weighted by atomic mass is 9.97. The van der Waals surface area contributed by atoms with Crippen LogP contribution in [0.5, 0.6) is 0 Å². The van der Waals surface area contributed by atoms with Crippen molar-refractivity contribution in [2.24, 2.45) is 0 Å². The molecule has 3 aromatic rings. The van der Waals surface area contributed by atoms with Crippen LogP contribution in [0.15, 0.2) is 71.6 Å². The van der Waals surface area contributed by atoms with Crippen LogP contribution in [-0.2, 0) is 34.0 Å². The third kappa shape index (κ3) is 6.60. The Labute approximate surface area is 215 Å². The maximum atomic E-state index is 13.8. The summed E-state index contributed by atoms with van der Waals surface area (Å²) in [6.07, 6.45) is -0.261. The van der Waals surface area contributed by atoms with Crippen molar-refractivity contribution in [3.05, 3.63) is 101 Å². The van der Waals surface area contributed by atoms with Gasteiger partial charge in [0.1, 0.15) is 11.6 Å². The normalized spacial score (nSPS) is 17.7. The standard InChI is InChI=1S/C28H30F2N2O4S/c1-2-18-6-5-7-19(10-18)15-31-16-26(33)25(13-20-11-21(29)14-22(30)12-20)32-28(34)24-17-37(35,36)27-9-4-3-8-23(24)27/h3-12,14,24-26,31,33H,2,13,15-17H2,1H3,(H,32,34)/t24?,25-,26+/m0/s1. The number of nitrogens with one attached hydrogen (secondary N) is 2. The second kappa shape index (κ2) is 11.5. The van der Waals surface area contributed by atoms with E-state index in [-0.39, 0.29) is 29.2 Å². The van der Waals surface area contributed by atoms with E-state index in [9.17, 15) is 27.1 Å². The van der Waals surface area contributed by atoms with Crippen molar-refractivity contribution in [1.29, 1.82) is 0 Å². The van der Waals surface area contributed by atoms with E-state index in [0.717, 1.165) is 30.2 Å². The second-order valence-corrected chi connectivity index (χ2v) is 11.3. The van der Waals surface area contributed by atoms with Crippen LogP contribution >= 0.6 is 0 Å². The van der Waals surface area contributed by atoms with E-state index in [4.69, 9.17) is 0 Å². The third-order valence-electron chi connectivity index (χ3n) is 6.58. The van der Waals surface area contributed by atoms with E-state index in [1.54, 1.807) is 18.2 Å². The van der Waals surface area contributed by atoms with Crippen LogP contribution in [0.1, 0.15) is 35.1 Å². The van der Waals surface area contributed by atoms with Crippen LogP contribution in [0.25, 0.3) is 0 Å². The molecule has 0 saturated carbocycles. The summed E-state index contributed by atoms with van der Waals surface area (Å²) in [4.78, 5) is 13.4. The highest BCUT2D eigenvalue weighted by Crippen LogP contribution is 2.35. The summed E-state index contributed by atoms with van der Waals surface area (Å²) in [6.45, 7) is 2.64. The minimum Gasteiger partial charge on any atom is -0.390 e.